The molecule has 8 rings (SSSR count). The Balaban J connectivity index is 1.26. The molecule has 0 bridgehead atoms. The third-order valence-electron chi connectivity index (χ3n) is 9.22. The fourth-order valence-electron chi connectivity index (χ4n) is 6.71. The minimum Gasteiger partial charge on any atom is -0.456 e. The highest BCUT2D eigenvalue weighted by Gasteiger charge is 2.25. The molecule has 0 aliphatic rings. The standard InChI is InChI=1S/C46H37NO/c1-46(2,3)42-30-37(36-20-18-34(19-21-36)32-12-6-4-7-13-32)24-29-43(42)47(38-25-22-35(23-26-38)33-14-8-5-9-15-33)39-27-28-41-40-16-10-11-17-44(40)48-45(41)31-39/h4-31H,1-3H3. The summed E-state index contributed by atoms with van der Waals surface area (Å²) in [5, 5.41) is 2.26. The zero-order valence-corrected chi connectivity index (χ0v) is 27.5. The van der Waals surface area contributed by atoms with Crippen LogP contribution in [0.2, 0.25) is 0 Å². The zero-order chi connectivity index (χ0) is 32.7. The number of anilines is 3. The van der Waals surface area contributed by atoms with E-state index in [1.165, 1.54) is 38.9 Å². The first kappa shape index (κ1) is 29.5. The first-order valence-corrected chi connectivity index (χ1v) is 16.6. The number of hydrogen-bond donors (Lipinski definition) is 0. The van der Waals surface area contributed by atoms with E-state index in [2.05, 4.69) is 183 Å². The highest BCUT2D eigenvalue weighted by Crippen LogP contribution is 2.44. The minimum absolute atomic E-state index is 0.124. The quantitative estimate of drug-likeness (QED) is 0.184. The van der Waals surface area contributed by atoms with Gasteiger partial charge in [-0.1, -0.05) is 142 Å². The lowest BCUT2D eigenvalue weighted by Gasteiger charge is -2.32. The smallest absolute Gasteiger partial charge is 0.137 e. The van der Waals surface area contributed by atoms with Gasteiger partial charge in [0.05, 0.1) is 0 Å². The lowest BCUT2D eigenvalue weighted by Crippen LogP contribution is -2.19. The van der Waals surface area contributed by atoms with Crippen LogP contribution in [0.15, 0.2) is 174 Å². The van der Waals surface area contributed by atoms with Gasteiger partial charge in [-0.05, 0) is 86.8 Å². The fraction of sp³-hybridized carbons (Fsp3) is 0.0870. The molecule has 0 fully saturated rings. The highest BCUT2D eigenvalue weighted by atomic mass is 16.3. The number of hydrogen-bond acceptors (Lipinski definition) is 2. The van der Waals surface area contributed by atoms with Crippen molar-refractivity contribution < 1.29 is 4.42 Å². The largest absolute Gasteiger partial charge is 0.456 e. The van der Waals surface area contributed by atoms with Gasteiger partial charge in [0.2, 0.25) is 0 Å². The van der Waals surface area contributed by atoms with Crippen molar-refractivity contribution in [3.8, 4) is 33.4 Å². The molecule has 2 nitrogen and oxygen atoms in total. The second kappa shape index (κ2) is 12.1. The molecule has 1 heterocycles. The van der Waals surface area contributed by atoms with Crippen molar-refractivity contribution in [2.45, 2.75) is 26.2 Å². The molecular weight excluding hydrogens is 583 g/mol. The molecule has 232 valence electrons. The van der Waals surface area contributed by atoms with E-state index in [1.807, 2.05) is 12.1 Å². The summed E-state index contributed by atoms with van der Waals surface area (Å²) in [5.41, 5.74) is 13.5. The third-order valence-corrected chi connectivity index (χ3v) is 9.22. The van der Waals surface area contributed by atoms with Crippen molar-refractivity contribution in [2.75, 3.05) is 4.90 Å². The van der Waals surface area contributed by atoms with Crippen LogP contribution in [0, 0.1) is 0 Å². The Morgan fingerprint density at radius 1 is 0.396 bits per heavy atom. The van der Waals surface area contributed by atoms with E-state index in [0.717, 1.165) is 39.0 Å². The van der Waals surface area contributed by atoms with E-state index in [9.17, 15) is 0 Å². The van der Waals surface area contributed by atoms with Crippen LogP contribution >= 0.6 is 0 Å². The SMILES string of the molecule is CC(C)(C)c1cc(-c2ccc(-c3ccccc3)cc2)ccc1N(c1ccc(-c2ccccc2)cc1)c1ccc2c(c1)oc1ccccc12. The molecule has 0 atom stereocenters. The summed E-state index contributed by atoms with van der Waals surface area (Å²) >= 11 is 0. The van der Waals surface area contributed by atoms with Gasteiger partial charge in [0.1, 0.15) is 11.2 Å². The Morgan fingerprint density at radius 2 is 0.875 bits per heavy atom. The lowest BCUT2D eigenvalue weighted by molar-refractivity contribution is 0.591. The summed E-state index contributed by atoms with van der Waals surface area (Å²) in [6.45, 7) is 6.90. The van der Waals surface area contributed by atoms with E-state index in [0.29, 0.717) is 0 Å². The molecule has 0 aliphatic carbocycles. The maximum Gasteiger partial charge on any atom is 0.137 e. The summed E-state index contributed by atoms with van der Waals surface area (Å²) in [6.07, 6.45) is 0. The number of fused-ring (bicyclic) bond motifs is 3. The van der Waals surface area contributed by atoms with E-state index < -0.39 is 0 Å². The molecule has 0 aliphatic heterocycles. The Kier molecular flexibility index (Phi) is 7.42. The second-order valence-corrected chi connectivity index (χ2v) is 13.5. The maximum absolute atomic E-state index is 6.38. The molecule has 48 heavy (non-hydrogen) atoms. The van der Waals surface area contributed by atoms with Crippen LogP contribution in [-0.2, 0) is 5.41 Å². The zero-order valence-electron chi connectivity index (χ0n) is 27.5. The summed E-state index contributed by atoms with van der Waals surface area (Å²) in [5.74, 6) is 0. The van der Waals surface area contributed by atoms with E-state index in [-0.39, 0.29) is 5.41 Å². The van der Waals surface area contributed by atoms with Gasteiger partial charge < -0.3 is 9.32 Å². The predicted octanol–water partition coefficient (Wildman–Crippen LogP) is 13.4. The molecular formula is C46H37NO. The Morgan fingerprint density at radius 3 is 1.50 bits per heavy atom. The summed E-state index contributed by atoms with van der Waals surface area (Å²) in [6, 6.07) is 60.7. The normalized spacial score (nSPS) is 11.6. The first-order valence-electron chi connectivity index (χ1n) is 16.6. The molecule has 0 unspecified atom stereocenters. The van der Waals surface area contributed by atoms with Gasteiger partial charge in [-0.3, -0.25) is 0 Å². The lowest BCUT2D eigenvalue weighted by atomic mass is 9.83. The number of para-hydroxylation sites is 1. The van der Waals surface area contributed by atoms with Gasteiger partial charge in [0.15, 0.2) is 0 Å². The Bertz CT molecular complexity index is 2340. The van der Waals surface area contributed by atoms with Gasteiger partial charge in [-0.2, -0.15) is 0 Å². The topological polar surface area (TPSA) is 16.4 Å². The highest BCUT2D eigenvalue weighted by molar-refractivity contribution is 6.06. The Hall–Kier alpha value is -5.86. The van der Waals surface area contributed by atoms with E-state index >= 15 is 0 Å². The molecule has 0 amide bonds. The molecule has 8 aromatic rings. The van der Waals surface area contributed by atoms with Crippen LogP contribution < -0.4 is 4.90 Å². The van der Waals surface area contributed by atoms with E-state index in [1.54, 1.807) is 0 Å². The van der Waals surface area contributed by atoms with Crippen molar-refractivity contribution in [1.82, 2.24) is 0 Å². The van der Waals surface area contributed by atoms with Gasteiger partial charge in [-0.25, -0.2) is 0 Å². The maximum atomic E-state index is 6.38. The average molecular weight is 620 g/mol. The molecule has 7 aromatic carbocycles. The van der Waals surface area contributed by atoms with Crippen LogP contribution in [0.3, 0.4) is 0 Å². The van der Waals surface area contributed by atoms with Gasteiger partial charge in [-0.15, -0.1) is 0 Å². The Labute approximate surface area is 282 Å². The summed E-state index contributed by atoms with van der Waals surface area (Å²) < 4.78 is 6.38. The number of benzene rings is 7. The van der Waals surface area contributed by atoms with E-state index in [4.69, 9.17) is 4.42 Å². The first-order chi connectivity index (χ1) is 23.4. The van der Waals surface area contributed by atoms with Crippen molar-refractivity contribution in [3.63, 3.8) is 0 Å². The fourth-order valence-corrected chi connectivity index (χ4v) is 6.71. The monoisotopic (exact) mass is 619 g/mol. The van der Waals surface area contributed by atoms with Crippen LogP contribution in [0.4, 0.5) is 17.1 Å². The van der Waals surface area contributed by atoms with Gasteiger partial charge in [0.25, 0.3) is 0 Å². The molecule has 0 saturated carbocycles. The molecule has 0 spiro atoms. The van der Waals surface area contributed by atoms with Crippen molar-refractivity contribution in [1.29, 1.82) is 0 Å². The van der Waals surface area contributed by atoms with Gasteiger partial charge in [0, 0.05) is 33.9 Å². The summed E-state index contributed by atoms with van der Waals surface area (Å²) in [4.78, 5) is 2.38. The number of rotatable bonds is 6. The number of nitrogens with zero attached hydrogens (tertiary/aromatic N) is 1. The predicted molar refractivity (Wildman–Crippen MR) is 203 cm³/mol. The van der Waals surface area contributed by atoms with Crippen LogP contribution in [0.5, 0.6) is 0 Å². The second-order valence-electron chi connectivity index (χ2n) is 13.5. The molecule has 0 N–H and O–H groups in total. The molecule has 2 heteroatoms. The average Bonchev–Trinajstić information content (AvgIpc) is 3.51. The molecule has 0 radical (unpaired) electrons. The number of furan rings is 1. The van der Waals surface area contributed by atoms with Crippen LogP contribution in [0.1, 0.15) is 26.3 Å². The van der Waals surface area contributed by atoms with Crippen molar-refractivity contribution in [2.24, 2.45) is 0 Å². The van der Waals surface area contributed by atoms with Crippen molar-refractivity contribution >= 4 is 39.0 Å². The van der Waals surface area contributed by atoms with Crippen LogP contribution in [-0.4, -0.2) is 0 Å². The van der Waals surface area contributed by atoms with Gasteiger partial charge >= 0.3 is 0 Å². The van der Waals surface area contributed by atoms with Crippen molar-refractivity contribution in [3.05, 3.63) is 175 Å². The molecule has 0 saturated heterocycles. The summed E-state index contributed by atoms with van der Waals surface area (Å²) in [7, 11) is 0. The minimum atomic E-state index is -0.124. The third kappa shape index (κ3) is 5.56. The molecule has 1 aromatic heterocycles. The van der Waals surface area contributed by atoms with Crippen LogP contribution in [0.25, 0.3) is 55.3 Å².